The second kappa shape index (κ2) is 11.8. The van der Waals surface area contributed by atoms with E-state index in [2.05, 4.69) is 42.5 Å². The summed E-state index contributed by atoms with van der Waals surface area (Å²) in [7, 11) is 2.02. The van der Waals surface area contributed by atoms with Crippen LogP contribution in [0, 0.1) is 6.92 Å². The lowest BCUT2D eigenvalue weighted by atomic mass is 9.95. The van der Waals surface area contributed by atoms with Gasteiger partial charge in [0.05, 0.1) is 12.3 Å². The number of rotatable bonds is 9. The molecule has 2 aromatic carbocycles. The third kappa shape index (κ3) is 6.72. The molecule has 4 rings (SSSR count). The molecule has 0 aliphatic carbocycles. The normalized spacial score (nSPS) is 12.5. The number of pyridine rings is 1. The van der Waals surface area contributed by atoms with E-state index in [1.807, 2.05) is 69.6 Å². The first kappa shape index (κ1) is 28.1. The number of carbonyl (C=O) groups excluding carboxylic acids is 1. The molecule has 0 bridgehead atoms. The van der Waals surface area contributed by atoms with E-state index in [-0.39, 0.29) is 10.7 Å². The number of aryl methyl sites for hydroxylation is 2. The number of ether oxygens (including phenoxy) is 2. The minimum absolute atomic E-state index is 0.0782. The quantitative estimate of drug-likeness (QED) is 0.157. The summed E-state index contributed by atoms with van der Waals surface area (Å²) in [5.41, 5.74) is 5.01. The number of carbonyl (C=O) groups is 1. The van der Waals surface area contributed by atoms with E-state index in [0.29, 0.717) is 24.7 Å². The summed E-state index contributed by atoms with van der Waals surface area (Å²) in [5.74, 6) is 0.0590. The molecule has 7 heteroatoms. The number of fused-ring (bicyclic) bond motifs is 1. The van der Waals surface area contributed by atoms with Crippen LogP contribution in [0.3, 0.4) is 0 Å². The maximum Gasteiger partial charge on any atom is 0.315 e. The highest BCUT2D eigenvalue weighted by molar-refractivity contribution is 8.00. The second-order valence-electron chi connectivity index (χ2n) is 10.4. The van der Waals surface area contributed by atoms with Crippen LogP contribution in [0.2, 0.25) is 5.02 Å². The number of thioether (sulfide) groups is 1. The first-order chi connectivity index (χ1) is 18.1. The Kier molecular flexibility index (Phi) is 8.74. The first-order valence-electron chi connectivity index (χ1n) is 12.8. The van der Waals surface area contributed by atoms with Gasteiger partial charge in [-0.2, -0.15) is 0 Å². The van der Waals surface area contributed by atoms with Gasteiger partial charge in [-0.05, 0) is 67.8 Å². The van der Waals surface area contributed by atoms with Crippen LogP contribution in [0.5, 0.6) is 5.75 Å². The molecule has 2 aromatic heterocycles. The topological polar surface area (TPSA) is 53.4 Å². The SMILES string of the molecule is CCOC(=O)C(Cc1ccc(Cl)cc1)c1c(SC(C)(C)C)c2cc(OCc3ccc(C)cn3)ccc2n1C. The average Bonchev–Trinajstić information content (AvgIpc) is 3.12. The summed E-state index contributed by atoms with van der Waals surface area (Å²) in [5, 5.41) is 1.73. The lowest BCUT2D eigenvalue weighted by Gasteiger charge is -2.23. The molecule has 0 fully saturated rings. The molecule has 0 saturated carbocycles. The second-order valence-corrected chi connectivity index (χ2v) is 12.7. The molecule has 0 aliphatic rings. The van der Waals surface area contributed by atoms with Crippen molar-refractivity contribution in [2.45, 2.75) is 63.2 Å². The van der Waals surface area contributed by atoms with Crippen molar-refractivity contribution in [3.63, 3.8) is 0 Å². The van der Waals surface area contributed by atoms with Gasteiger partial charge in [-0.25, -0.2) is 0 Å². The van der Waals surface area contributed by atoms with Crippen LogP contribution in [0.25, 0.3) is 10.9 Å². The lowest BCUT2D eigenvalue weighted by molar-refractivity contribution is -0.145. The van der Waals surface area contributed by atoms with Crippen LogP contribution in [-0.4, -0.2) is 26.9 Å². The fourth-order valence-corrected chi connectivity index (χ4v) is 5.83. The number of aromatic nitrogens is 2. The van der Waals surface area contributed by atoms with E-state index in [4.69, 9.17) is 21.1 Å². The molecule has 200 valence electrons. The van der Waals surface area contributed by atoms with Crippen molar-refractivity contribution >= 4 is 40.2 Å². The Morgan fingerprint density at radius 1 is 1.11 bits per heavy atom. The number of hydrogen-bond acceptors (Lipinski definition) is 5. The van der Waals surface area contributed by atoms with Crippen LogP contribution in [0.15, 0.2) is 65.7 Å². The fraction of sp³-hybridized carbons (Fsp3) is 0.355. The highest BCUT2D eigenvalue weighted by atomic mass is 35.5. The number of halogens is 1. The number of benzene rings is 2. The average molecular weight is 551 g/mol. The number of esters is 1. The van der Waals surface area contributed by atoms with Gasteiger partial charge in [-0.3, -0.25) is 9.78 Å². The Morgan fingerprint density at radius 3 is 2.47 bits per heavy atom. The van der Waals surface area contributed by atoms with E-state index < -0.39 is 5.92 Å². The molecule has 0 spiro atoms. The molecule has 38 heavy (non-hydrogen) atoms. The molecule has 0 aliphatic heterocycles. The predicted octanol–water partition coefficient (Wildman–Crippen LogP) is 7.89. The summed E-state index contributed by atoms with van der Waals surface area (Å²) < 4.78 is 13.8. The molecule has 2 heterocycles. The van der Waals surface area contributed by atoms with Crippen molar-refractivity contribution in [3.8, 4) is 5.75 Å². The summed E-state index contributed by atoms with van der Waals surface area (Å²) in [4.78, 5) is 18.9. The summed E-state index contributed by atoms with van der Waals surface area (Å²) in [6.45, 7) is 11.1. The number of nitrogens with zero attached hydrogens (tertiary/aromatic N) is 2. The summed E-state index contributed by atoms with van der Waals surface area (Å²) in [6, 6.07) is 17.8. The van der Waals surface area contributed by atoms with Gasteiger partial charge in [0.15, 0.2) is 0 Å². The van der Waals surface area contributed by atoms with E-state index in [0.717, 1.165) is 44.1 Å². The van der Waals surface area contributed by atoms with Crippen molar-refractivity contribution in [1.29, 1.82) is 0 Å². The van der Waals surface area contributed by atoms with Gasteiger partial charge in [0.25, 0.3) is 0 Å². The highest BCUT2D eigenvalue weighted by Crippen LogP contribution is 2.45. The van der Waals surface area contributed by atoms with Gasteiger partial charge < -0.3 is 14.0 Å². The molecular weight excluding hydrogens is 516 g/mol. The molecule has 0 saturated heterocycles. The van der Waals surface area contributed by atoms with Gasteiger partial charge in [-0.1, -0.05) is 50.6 Å². The van der Waals surface area contributed by atoms with E-state index in [1.165, 1.54) is 0 Å². The van der Waals surface area contributed by atoms with Gasteiger partial charge in [-0.15, -0.1) is 11.8 Å². The third-order valence-corrected chi connectivity index (χ3v) is 7.69. The van der Waals surface area contributed by atoms with Crippen molar-refractivity contribution in [2.24, 2.45) is 7.05 Å². The Morgan fingerprint density at radius 2 is 1.84 bits per heavy atom. The van der Waals surface area contributed by atoms with Crippen molar-refractivity contribution < 1.29 is 14.3 Å². The molecule has 1 atom stereocenters. The van der Waals surface area contributed by atoms with Crippen molar-refractivity contribution in [1.82, 2.24) is 9.55 Å². The Labute approximate surface area is 234 Å². The highest BCUT2D eigenvalue weighted by Gasteiger charge is 2.32. The van der Waals surface area contributed by atoms with Gasteiger partial charge in [0.1, 0.15) is 18.3 Å². The monoisotopic (exact) mass is 550 g/mol. The maximum absolute atomic E-state index is 13.4. The smallest absolute Gasteiger partial charge is 0.315 e. The van der Waals surface area contributed by atoms with E-state index in [1.54, 1.807) is 11.8 Å². The van der Waals surface area contributed by atoms with Gasteiger partial charge >= 0.3 is 5.97 Å². The fourth-order valence-electron chi connectivity index (χ4n) is 4.44. The molecule has 1 unspecified atom stereocenters. The van der Waals surface area contributed by atoms with E-state index >= 15 is 0 Å². The zero-order valence-electron chi connectivity index (χ0n) is 22.9. The van der Waals surface area contributed by atoms with Crippen LogP contribution >= 0.6 is 23.4 Å². The number of hydrogen-bond donors (Lipinski definition) is 0. The standard InChI is InChI=1S/C31H35ClN2O3S/c1-7-36-30(35)26(16-21-9-11-22(32)12-10-21)28-29(38-31(3,4)5)25-17-24(14-15-27(25)34(28)6)37-19-23-13-8-20(2)18-33-23/h8-15,17-18,26H,7,16,19H2,1-6H3. The first-order valence-corrected chi connectivity index (χ1v) is 14.0. The largest absolute Gasteiger partial charge is 0.487 e. The van der Waals surface area contributed by atoms with E-state index in [9.17, 15) is 4.79 Å². The summed E-state index contributed by atoms with van der Waals surface area (Å²) in [6.07, 6.45) is 2.36. The molecule has 4 aromatic rings. The molecule has 5 nitrogen and oxygen atoms in total. The zero-order chi connectivity index (χ0) is 27.4. The van der Waals surface area contributed by atoms with Crippen LogP contribution in [-0.2, 0) is 29.6 Å². The predicted molar refractivity (Wildman–Crippen MR) is 156 cm³/mol. The Bertz CT molecular complexity index is 1410. The third-order valence-electron chi connectivity index (χ3n) is 6.19. The minimum atomic E-state index is -0.473. The van der Waals surface area contributed by atoms with Crippen LogP contribution in [0.4, 0.5) is 0 Å². The van der Waals surface area contributed by atoms with Crippen molar-refractivity contribution in [3.05, 3.63) is 88.3 Å². The van der Waals surface area contributed by atoms with Crippen LogP contribution in [0.1, 0.15) is 56.1 Å². The molecular formula is C31H35ClN2O3S. The Balaban J connectivity index is 1.79. The molecule has 0 amide bonds. The van der Waals surface area contributed by atoms with Gasteiger partial charge in [0.2, 0.25) is 0 Å². The van der Waals surface area contributed by atoms with Crippen LogP contribution < -0.4 is 4.74 Å². The molecule has 0 radical (unpaired) electrons. The van der Waals surface area contributed by atoms with Gasteiger partial charge in [0, 0.05) is 44.5 Å². The molecule has 0 N–H and O–H groups in total. The minimum Gasteiger partial charge on any atom is -0.487 e. The summed E-state index contributed by atoms with van der Waals surface area (Å²) >= 11 is 7.89. The Hall–Kier alpha value is -2.96. The van der Waals surface area contributed by atoms with Crippen molar-refractivity contribution in [2.75, 3.05) is 6.61 Å². The lowest BCUT2D eigenvalue weighted by Crippen LogP contribution is -2.22. The maximum atomic E-state index is 13.4. The zero-order valence-corrected chi connectivity index (χ0v) is 24.4.